The van der Waals surface area contributed by atoms with Gasteiger partial charge in [-0.25, -0.2) is 0 Å². The van der Waals surface area contributed by atoms with Crippen molar-refractivity contribution in [3.05, 3.63) is 58.9 Å². The molecule has 0 amide bonds. The Bertz CT molecular complexity index is 669. The molecular weight excluding hydrogens is 324 g/mol. The van der Waals surface area contributed by atoms with Gasteiger partial charge in [0.2, 0.25) is 0 Å². The topological polar surface area (TPSA) is 41.8 Å². The van der Waals surface area contributed by atoms with Crippen LogP contribution >= 0.6 is 11.6 Å². The number of nitrogens with zero attached hydrogens (tertiary/aromatic N) is 3. The quantitative estimate of drug-likeness (QED) is 0.644. The molecule has 0 radical (unpaired) electrons. The Morgan fingerprint density at radius 1 is 1.38 bits per heavy atom. The number of halogens is 1. The number of aromatic nitrogens is 1. The number of hydrogen-bond donors (Lipinski definition) is 1. The van der Waals surface area contributed by atoms with E-state index in [1.165, 1.54) is 0 Å². The third-order valence-electron chi connectivity index (χ3n) is 3.95. The summed E-state index contributed by atoms with van der Waals surface area (Å²) in [5.41, 5.74) is 2.26. The van der Waals surface area contributed by atoms with Crippen LogP contribution in [0.2, 0.25) is 5.02 Å². The van der Waals surface area contributed by atoms with Crippen LogP contribution in [0.15, 0.2) is 47.6 Å². The second-order valence-electron chi connectivity index (χ2n) is 5.68. The van der Waals surface area contributed by atoms with Crippen molar-refractivity contribution in [3.8, 4) is 0 Å². The largest absolute Gasteiger partial charge is 0.375 e. The summed E-state index contributed by atoms with van der Waals surface area (Å²) in [6.07, 6.45) is 1.87. The predicted octanol–water partition coefficient (Wildman–Crippen LogP) is 3.07. The molecule has 0 aliphatic heterocycles. The first kappa shape index (κ1) is 18.4. The average Bonchev–Trinajstić information content (AvgIpc) is 2.89. The maximum atomic E-state index is 6.05. The zero-order valence-corrected chi connectivity index (χ0v) is 15.4. The molecule has 2 rings (SSSR count). The van der Waals surface area contributed by atoms with Crippen LogP contribution in [0.3, 0.4) is 0 Å². The second kappa shape index (κ2) is 8.76. The lowest BCUT2D eigenvalue weighted by Gasteiger charge is -2.24. The molecule has 2 aromatic rings. The van der Waals surface area contributed by atoms with Crippen LogP contribution in [0.5, 0.6) is 0 Å². The maximum Gasteiger partial charge on any atom is 0.193 e. The van der Waals surface area contributed by atoms with E-state index in [-0.39, 0.29) is 6.10 Å². The van der Waals surface area contributed by atoms with E-state index in [1.54, 1.807) is 14.2 Å². The highest BCUT2D eigenvalue weighted by Gasteiger charge is 2.14. The van der Waals surface area contributed by atoms with Gasteiger partial charge in [0.05, 0.1) is 17.7 Å². The van der Waals surface area contributed by atoms with Crippen molar-refractivity contribution in [2.75, 3.05) is 27.7 Å². The monoisotopic (exact) mass is 348 g/mol. The van der Waals surface area contributed by atoms with Gasteiger partial charge in [-0.1, -0.05) is 41.9 Å². The normalized spacial score (nSPS) is 13.0. The minimum Gasteiger partial charge on any atom is -0.375 e. The molecule has 1 heterocycles. The number of guanidine groups is 1. The maximum absolute atomic E-state index is 6.05. The Kier molecular flexibility index (Phi) is 6.70. The standard InChI is InChI=1S/C18H25ClN4O/c1-20-18(23(3)13-16-10-15(19)12-22(16)2)21-11-17(24-4)14-8-6-5-7-9-14/h5-10,12,17H,11,13H2,1-4H3,(H,20,21). The van der Waals surface area contributed by atoms with Crippen LogP contribution in [0.25, 0.3) is 0 Å². The number of benzene rings is 1. The van der Waals surface area contributed by atoms with Crippen LogP contribution < -0.4 is 5.32 Å². The molecule has 5 nitrogen and oxygen atoms in total. The number of nitrogens with one attached hydrogen (secondary N) is 1. The van der Waals surface area contributed by atoms with Crippen molar-refractivity contribution in [1.82, 2.24) is 14.8 Å². The van der Waals surface area contributed by atoms with E-state index < -0.39 is 0 Å². The van der Waals surface area contributed by atoms with Crippen molar-refractivity contribution in [3.63, 3.8) is 0 Å². The van der Waals surface area contributed by atoms with Crippen molar-refractivity contribution in [1.29, 1.82) is 0 Å². The van der Waals surface area contributed by atoms with Crippen LogP contribution in [0.4, 0.5) is 0 Å². The van der Waals surface area contributed by atoms with Gasteiger partial charge >= 0.3 is 0 Å². The van der Waals surface area contributed by atoms with E-state index in [0.717, 1.165) is 22.2 Å². The number of aliphatic imine (C=N–C) groups is 1. The Morgan fingerprint density at radius 3 is 2.62 bits per heavy atom. The summed E-state index contributed by atoms with van der Waals surface area (Å²) in [6, 6.07) is 12.1. The fourth-order valence-electron chi connectivity index (χ4n) is 2.61. The van der Waals surface area contributed by atoms with E-state index in [0.29, 0.717) is 13.1 Å². The highest BCUT2D eigenvalue weighted by Crippen LogP contribution is 2.16. The van der Waals surface area contributed by atoms with Gasteiger partial charge in [0.15, 0.2) is 5.96 Å². The third kappa shape index (κ3) is 4.76. The predicted molar refractivity (Wildman–Crippen MR) is 99.4 cm³/mol. The average molecular weight is 349 g/mol. The SMILES string of the molecule is CN=C(NCC(OC)c1ccccc1)N(C)Cc1cc(Cl)cn1C. The first-order chi connectivity index (χ1) is 11.5. The molecule has 0 spiro atoms. The van der Waals surface area contributed by atoms with Gasteiger partial charge in [0.1, 0.15) is 0 Å². The zero-order valence-electron chi connectivity index (χ0n) is 14.7. The third-order valence-corrected chi connectivity index (χ3v) is 4.16. The lowest BCUT2D eigenvalue weighted by Crippen LogP contribution is -2.40. The van der Waals surface area contributed by atoms with Crippen LogP contribution in [-0.4, -0.2) is 43.2 Å². The fourth-order valence-corrected chi connectivity index (χ4v) is 2.89. The summed E-state index contributed by atoms with van der Waals surface area (Å²) in [7, 11) is 7.49. The number of ether oxygens (including phenoxy) is 1. The highest BCUT2D eigenvalue weighted by atomic mass is 35.5. The molecule has 0 saturated carbocycles. The van der Waals surface area contributed by atoms with Gasteiger partial charge in [-0.05, 0) is 11.6 Å². The van der Waals surface area contributed by atoms with Gasteiger partial charge in [-0.3, -0.25) is 4.99 Å². The van der Waals surface area contributed by atoms with Gasteiger partial charge < -0.3 is 19.5 Å². The molecule has 130 valence electrons. The summed E-state index contributed by atoms with van der Waals surface area (Å²) in [4.78, 5) is 6.41. The molecule has 0 saturated heterocycles. The Morgan fingerprint density at radius 2 is 2.08 bits per heavy atom. The molecule has 6 heteroatoms. The summed E-state index contributed by atoms with van der Waals surface area (Å²) in [5, 5.41) is 4.12. The number of methoxy groups -OCH3 is 1. The molecule has 0 fully saturated rings. The molecule has 0 aliphatic rings. The molecule has 24 heavy (non-hydrogen) atoms. The molecule has 1 unspecified atom stereocenters. The molecule has 0 bridgehead atoms. The van der Waals surface area contributed by atoms with E-state index in [9.17, 15) is 0 Å². The summed E-state index contributed by atoms with van der Waals surface area (Å²) < 4.78 is 7.62. The zero-order chi connectivity index (χ0) is 17.5. The Labute approximate surface area is 148 Å². The summed E-state index contributed by atoms with van der Waals surface area (Å²) in [5.74, 6) is 0.810. The van der Waals surface area contributed by atoms with E-state index >= 15 is 0 Å². The van der Waals surface area contributed by atoms with Gasteiger partial charge in [0.25, 0.3) is 0 Å². The summed E-state index contributed by atoms with van der Waals surface area (Å²) >= 11 is 6.05. The second-order valence-corrected chi connectivity index (χ2v) is 6.12. The summed E-state index contributed by atoms with van der Waals surface area (Å²) in [6.45, 7) is 1.36. The fraction of sp³-hybridized carbons (Fsp3) is 0.389. The van der Waals surface area contributed by atoms with Crippen LogP contribution in [0.1, 0.15) is 17.4 Å². The minimum absolute atomic E-state index is 0.0270. The molecule has 0 aliphatic carbocycles. The lowest BCUT2D eigenvalue weighted by atomic mass is 10.1. The number of aryl methyl sites for hydroxylation is 1. The van der Waals surface area contributed by atoms with Gasteiger partial charge in [0, 0.05) is 46.7 Å². The van der Waals surface area contributed by atoms with E-state index in [4.69, 9.17) is 16.3 Å². The van der Waals surface area contributed by atoms with Crippen molar-refractivity contribution >= 4 is 17.6 Å². The molecule has 1 aromatic carbocycles. The van der Waals surface area contributed by atoms with Crippen molar-refractivity contribution in [2.24, 2.45) is 12.0 Å². The van der Waals surface area contributed by atoms with Crippen LogP contribution in [-0.2, 0) is 18.3 Å². The van der Waals surface area contributed by atoms with Crippen molar-refractivity contribution < 1.29 is 4.74 Å². The minimum atomic E-state index is -0.0270. The lowest BCUT2D eigenvalue weighted by molar-refractivity contribution is 0.106. The highest BCUT2D eigenvalue weighted by molar-refractivity contribution is 6.30. The number of rotatable bonds is 6. The smallest absolute Gasteiger partial charge is 0.193 e. The van der Waals surface area contributed by atoms with E-state index in [2.05, 4.69) is 27.3 Å². The Balaban J connectivity index is 1.97. The van der Waals surface area contributed by atoms with Crippen molar-refractivity contribution in [2.45, 2.75) is 12.6 Å². The Hall–Kier alpha value is -1.98. The first-order valence-electron chi connectivity index (χ1n) is 7.85. The first-order valence-corrected chi connectivity index (χ1v) is 8.23. The molecule has 1 N–H and O–H groups in total. The molecular formula is C18H25ClN4O. The van der Waals surface area contributed by atoms with E-state index in [1.807, 2.05) is 49.1 Å². The van der Waals surface area contributed by atoms with Gasteiger partial charge in [-0.2, -0.15) is 0 Å². The molecule has 1 aromatic heterocycles. The van der Waals surface area contributed by atoms with Gasteiger partial charge in [-0.15, -0.1) is 0 Å². The molecule has 1 atom stereocenters. The van der Waals surface area contributed by atoms with Crippen LogP contribution in [0, 0.1) is 0 Å². The number of hydrogen-bond acceptors (Lipinski definition) is 2.